The van der Waals surface area contributed by atoms with E-state index < -0.39 is 40.5 Å². The van der Waals surface area contributed by atoms with Gasteiger partial charge in [0, 0.05) is 12.1 Å². The van der Waals surface area contributed by atoms with Crippen LogP contribution in [0.25, 0.3) is 0 Å². The fourth-order valence-corrected chi connectivity index (χ4v) is 5.92. The minimum Gasteiger partial charge on any atom is -0.497 e. The lowest BCUT2D eigenvalue weighted by atomic mass is 9.96. The minimum absolute atomic E-state index is 0.0412. The fourth-order valence-electron chi connectivity index (χ4n) is 4.51. The minimum atomic E-state index is -3.95. The molecule has 3 fully saturated rings. The first-order valence-electron chi connectivity index (χ1n) is 10.9. The van der Waals surface area contributed by atoms with Gasteiger partial charge in [-0.25, -0.2) is 17.9 Å². The molecule has 1 aromatic rings. The Labute approximate surface area is 187 Å². The van der Waals surface area contributed by atoms with Crippen LogP contribution in [0.1, 0.15) is 32.1 Å². The molecule has 1 aromatic carbocycles. The monoisotopic (exact) mass is 470 g/mol. The molecule has 3 aliphatic rings. The van der Waals surface area contributed by atoms with Crippen molar-refractivity contribution >= 4 is 16.1 Å². The van der Waals surface area contributed by atoms with Gasteiger partial charge >= 0.3 is 6.09 Å². The third kappa shape index (κ3) is 4.95. The summed E-state index contributed by atoms with van der Waals surface area (Å²) >= 11 is 0. The summed E-state index contributed by atoms with van der Waals surface area (Å²) in [7, 11) is -1.10. The summed E-state index contributed by atoms with van der Waals surface area (Å²) in [6.07, 6.45) is 3.13. The number of methoxy groups -OCH3 is 2. The molecular formula is C21H30N2O8S. The Balaban J connectivity index is 1.38. The zero-order valence-electron chi connectivity index (χ0n) is 18.2. The molecule has 0 radical (unpaired) electrons. The maximum Gasteiger partial charge on any atom is 0.407 e. The molecule has 4 atom stereocenters. The van der Waals surface area contributed by atoms with Crippen molar-refractivity contribution in [3.05, 3.63) is 18.2 Å². The van der Waals surface area contributed by atoms with E-state index in [2.05, 4.69) is 10.0 Å². The van der Waals surface area contributed by atoms with Gasteiger partial charge in [-0.2, -0.15) is 0 Å². The van der Waals surface area contributed by atoms with Gasteiger partial charge in [0.15, 0.2) is 6.10 Å². The topological polar surface area (TPSA) is 121 Å². The highest BCUT2D eigenvalue weighted by Gasteiger charge is 2.50. The summed E-state index contributed by atoms with van der Waals surface area (Å²) in [5.74, 6) is 0.586. The predicted octanol–water partition coefficient (Wildman–Crippen LogP) is 1.58. The predicted molar refractivity (Wildman–Crippen MR) is 113 cm³/mol. The number of carbonyl (C=O) groups excluding carboxylic acids is 1. The van der Waals surface area contributed by atoms with Crippen LogP contribution in [0.4, 0.5) is 4.79 Å². The summed E-state index contributed by atoms with van der Waals surface area (Å²) in [6.45, 7) is 0.249. The lowest BCUT2D eigenvalue weighted by molar-refractivity contribution is 0.00281. The van der Waals surface area contributed by atoms with Crippen LogP contribution in [-0.2, 0) is 24.2 Å². The average molecular weight is 471 g/mol. The van der Waals surface area contributed by atoms with Crippen molar-refractivity contribution in [2.24, 2.45) is 0 Å². The molecule has 2 N–H and O–H groups in total. The number of ether oxygens (including phenoxy) is 5. The van der Waals surface area contributed by atoms with E-state index in [1.165, 1.54) is 32.8 Å². The number of alkyl carbamates (subject to hydrolysis) is 1. The highest BCUT2D eigenvalue weighted by atomic mass is 32.2. The molecule has 4 unspecified atom stereocenters. The lowest BCUT2D eigenvalue weighted by Gasteiger charge is -2.24. The van der Waals surface area contributed by atoms with Gasteiger partial charge < -0.3 is 29.0 Å². The number of nitrogens with one attached hydrogen (secondary N) is 2. The highest BCUT2D eigenvalue weighted by Crippen LogP contribution is 2.32. The molecule has 10 nitrogen and oxygen atoms in total. The number of carbonyl (C=O) groups is 1. The summed E-state index contributed by atoms with van der Waals surface area (Å²) in [4.78, 5) is 12.3. The van der Waals surface area contributed by atoms with Crippen LogP contribution in [0.15, 0.2) is 23.1 Å². The molecule has 4 rings (SSSR count). The first kappa shape index (κ1) is 23.1. The quantitative estimate of drug-likeness (QED) is 0.616. The van der Waals surface area contributed by atoms with Crippen LogP contribution in [-0.4, -0.2) is 72.3 Å². The smallest absolute Gasteiger partial charge is 0.407 e. The maximum absolute atomic E-state index is 13.1. The Bertz CT molecular complexity index is 918. The van der Waals surface area contributed by atoms with Crippen LogP contribution >= 0.6 is 0 Å². The Kier molecular flexibility index (Phi) is 7.08. The van der Waals surface area contributed by atoms with Crippen LogP contribution in [0.3, 0.4) is 0 Å². The average Bonchev–Trinajstić information content (AvgIpc) is 3.37. The van der Waals surface area contributed by atoms with Gasteiger partial charge in [-0.1, -0.05) is 19.3 Å². The summed E-state index contributed by atoms with van der Waals surface area (Å²) in [5, 5.41) is 2.91. The van der Waals surface area contributed by atoms with E-state index in [4.69, 9.17) is 23.7 Å². The molecule has 2 saturated heterocycles. The van der Waals surface area contributed by atoms with E-state index in [0.29, 0.717) is 5.75 Å². The molecule has 0 spiro atoms. The molecule has 2 heterocycles. The van der Waals surface area contributed by atoms with Gasteiger partial charge in [0.05, 0.1) is 33.5 Å². The summed E-state index contributed by atoms with van der Waals surface area (Å²) < 4.78 is 56.2. The van der Waals surface area contributed by atoms with Crippen molar-refractivity contribution in [2.45, 2.75) is 67.4 Å². The van der Waals surface area contributed by atoms with Crippen LogP contribution in [0, 0.1) is 0 Å². The van der Waals surface area contributed by atoms with Crippen molar-refractivity contribution in [1.29, 1.82) is 0 Å². The molecule has 1 amide bonds. The number of fused-ring (bicyclic) bond motifs is 1. The van der Waals surface area contributed by atoms with Crippen molar-refractivity contribution in [3.8, 4) is 11.5 Å². The second-order valence-electron chi connectivity index (χ2n) is 8.26. The Morgan fingerprint density at radius 2 is 1.78 bits per heavy atom. The second kappa shape index (κ2) is 9.82. The van der Waals surface area contributed by atoms with E-state index in [-0.39, 0.29) is 29.9 Å². The number of benzene rings is 1. The van der Waals surface area contributed by atoms with Crippen molar-refractivity contribution in [1.82, 2.24) is 10.0 Å². The molecule has 32 heavy (non-hydrogen) atoms. The molecular weight excluding hydrogens is 440 g/mol. The van der Waals surface area contributed by atoms with Gasteiger partial charge in [0.1, 0.15) is 28.6 Å². The number of rotatable bonds is 7. The third-order valence-electron chi connectivity index (χ3n) is 6.16. The van der Waals surface area contributed by atoms with E-state index in [9.17, 15) is 13.2 Å². The van der Waals surface area contributed by atoms with Gasteiger partial charge in [0.2, 0.25) is 10.0 Å². The van der Waals surface area contributed by atoms with Crippen molar-refractivity contribution < 1.29 is 36.9 Å². The Morgan fingerprint density at radius 1 is 1.03 bits per heavy atom. The Morgan fingerprint density at radius 3 is 2.50 bits per heavy atom. The van der Waals surface area contributed by atoms with Gasteiger partial charge in [-0.15, -0.1) is 0 Å². The molecule has 178 valence electrons. The van der Waals surface area contributed by atoms with E-state index in [1.54, 1.807) is 6.07 Å². The normalized spacial score (nSPS) is 28.2. The molecule has 2 aliphatic heterocycles. The fraction of sp³-hybridized carbons (Fsp3) is 0.667. The standard InChI is InChI=1S/C21H30N2O8S/c1-27-14-8-9-16(28-2)18(10-14)32(25,26)23-15-11-29-20-17(12-30-19(15)20)31-21(24)22-13-6-4-3-5-7-13/h8-10,13,15,17,19-20,23H,3-7,11-12H2,1-2H3,(H,22,24). The molecule has 1 saturated carbocycles. The number of amides is 1. The van der Waals surface area contributed by atoms with Gasteiger partial charge in [-0.3, -0.25) is 0 Å². The van der Waals surface area contributed by atoms with E-state index in [0.717, 1.165) is 25.7 Å². The summed E-state index contributed by atoms with van der Waals surface area (Å²) in [6, 6.07) is 4.05. The lowest BCUT2D eigenvalue weighted by Crippen LogP contribution is -2.45. The van der Waals surface area contributed by atoms with Gasteiger partial charge in [0.25, 0.3) is 0 Å². The van der Waals surface area contributed by atoms with E-state index >= 15 is 0 Å². The molecule has 11 heteroatoms. The van der Waals surface area contributed by atoms with Crippen LogP contribution in [0.2, 0.25) is 0 Å². The van der Waals surface area contributed by atoms with Gasteiger partial charge in [-0.05, 0) is 25.0 Å². The third-order valence-corrected chi connectivity index (χ3v) is 7.67. The number of sulfonamides is 1. The molecule has 0 aromatic heterocycles. The first-order chi connectivity index (χ1) is 15.4. The summed E-state index contributed by atoms with van der Waals surface area (Å²) in [5.41, 5.74) is 0. The number of hydrogen-bond acceptors (Lipinski definition) is 8. The largest absolute Gasteiger partial charge is 0.497 e. The SMILES string of the molecule is COc1ccc(OC)c(S(=O)(=O)NC2COC3C(OC(=O)NC4CCCCC4)COC23)c1. The molecule has 0 bridgehead atoms. The van der Waals surface area contributed by atoms with Crippen LogP contribution < -0.4 is 19.5 Å². The first-order valence-corrected chi connectivity index (χ1v) is 12.3. The Hall–Kier alpha value is -2.08. The van der Waals surface area contributed by atoms with E-state index in [1.807, 2.05) is 0 Å². The zero-order valence-corrected chi connectivity index (χ0v) is 19.1. The van der Waals surface area contributed by atoms with Crippen LogP contribution in [0.5, 0.6) is 11.5 Å². The second-order valence-corrected chi connectivity index (χ2v) is 9.95. The van der Waals surface area contributed by atoms with Crippen molar-refractivity contribution in [3.63, 3.8) is 0 Å². The zero-order chi connectivity index (χ0) is 22.7. The van der Waals surface area contributed by atoms with Crippen molar-refractivity contribution in [2.75, 3.05) is 27.4 Å². The highest BCUT2D eigenvalue weighted by molar-refractivity contribution is 7.89. The molecule has 1 aliphatic carbocycles. The number of hydrogen-bond donors (Lipinski definition) is 2. The maximum atomic E-state index is 13.1.